The number of hydrogen-bond donors (Lipinski definition) is 1. The molecule has 3 aromatic rings. The second-order valence-corrected chi connectivity index (χ2v) is 7.82. The number of hydrogen-bond acceptors (Lipinski definition) is 5. The summed E-state index contributed by atoms with van der Waals surface area (Å²) in [4.78, 5) is 30.7. The van der Waals surface area contributed by atoms with Crippen LogP contribution in [0.25, 0.3) is 11.3 Å². The highest BCUT2D eigenvalue weighted by atomic mass is 32.1. The van der Waals surface area contributed by atoms with Crippen molar-refractivity contribution >= 4 is 34.0 Å². The Morgan fingerprint density at radius 3 is 2.79 bits per heavy atom. The van der Waals surface area contributed by atoms with E-state index < -0.39 is 0 Å². The first-order chi connectivity index (χ1) is 14.0. The predicted molar refractivity (Wildman–Crippen MR) is 115 cm³/mol. The van der Waals surface area contributed by atoms with E-state index in [9.17, 15) is 9.59 Å². The van der Waals surface area contributed by atoms with E-state index in [4.69, 9.17) is 4.74 Å². The molecule has 1 aliphatic rings. The molecule has 0 radical (unpaired) electrons. The third-order valence-corrected chi connectivity index (χ3v) is 5.73. The molecule has 2 aromatic carbocycles. The van der Waals surface area contributed by atoms with Gasteiger partial charge in [-0.3, -0.25) is 14.9 Å². The second kappa shape index (κ2) is 7.67. The summed E-state index contributed by atoms with van der Waals surface area (Å²) in [5, 5.41) is 5.30. The molecule has 148 valence electrons. The Bertz CT molecular complexity index is 1110. The highest BCUT2D eigenvalue weighted by molar-refractivity contribution is 7.14. The smallest absolute Gasteiger partial charge is 0.257 e. The lowest BCUT2D eigenvalue weighted by Crippen LogP contribution is -2.25. The third kappa shape index (κ3) is 3.73. The van der Waals surface area contributed by atoms with Crippen molar-refractivity contribution in [1.29, 1.82) is 0 Å². The summed E-state index contributed by atoms with van der Waals surface area (Å²) >= 11 is 1.37. The van der Waals surface area contributed by atoms with Gasteiger partial charge in [-0.15, -0.1) is 11.3 Å². The Morgan fingerprint density at radius 1 is 1.21 bits per heavy atom. The van der Waals surface area contributed by atoms with Crippen molar-refractivity contribution in [3.63, 3.8) is 0 Å². The van der Waals surface area contributed by atoms with Gasteiger partial charge in [0.05, 0.1) is 12.8 Å². The Labute approximate surface area is 173 Å². The minimum atomic E-state index is -0.216. The number of ether oxygens (including phenoxy) is 1. The summed E-state index contributed by atoms with van der Waals surface area (Å²) in [6.45, 7) is 4.22. The van der Waals surface area contributed by atoms with Crippen LogP contribution in [0.1, 0.15) is 28.4 Å². The van der Waals surface area contributed by atoms with Gasteiger partial charge in [0.15, 0.2) is 5.13 Å². The summed E-state index contributed by atoms with van der Waals surface area (Å²) in [7, 11) is 1.63. The minimum absolute atomic E-state index is 0.0165. The van der Waals surface area contributed by atoms with Gasteiger partial charge in [-0.1, -0.05) is 11.6 Å². The van der Waals surface area contributed by atoms with Gasteiger partial charge in [0.2, 0.25) is 5.91 Å². The number of amides is 2. The molecular formula is C22H21N3O3S. The first kappa shape index (κ1) is 19.1. The lowest BCUT2D eigenvalue weighted by atomic mass is 10.1. The number of anilines is 2. The van der Waals surface area contributed by atoms with E-state index in [1.807, 2.05) is 42.6 Å². The Balaban J connectivity index is 1.54. The SMILES string of the molecule is COc1ccc(C)cc1-c1csc(NC(=O)c2ccc3c(c2)CCN3C(C)=O)n1. The van der Waals surface area contributed by atoms with E-state index in [0.29, 0.717) is 17.2 Å². The Hall–Kier alpha value is -3.19. The van der Waals surface area contributed by atoms with Gasteiger partial charge in [0, 0.05) is 35.7 Å². The van der Waals surface area contributed by atoms with Crippen molar-refractivity contribution in [2.24, 2.45) is 0 Å². The van der Waals surface area contributed by atoms with Gasteiger partial charge in [-0.2, -0.15) is 0 Å². The highest BCUT2D eigenvalue weighted by Gasteiger charge is 2.23. The van der Waals surface area contributed by atoms with Gasteiger partial charge in [-0.25, -0.2) is 4.98 Å². The fourth-order valence-electron chi connectivity index (χ4n) is 3.52. The molecule has 4 rings (SSSR count). The van der Waals surface area contributed by atoms with E-state index in [2.05, 4.69) is 10.3 Å². The Kier molecular flexibility index (Phi) is 5.07. The zero-order valence-electron chi connectivity index (χ0n) is 16.5. The molecule has 6 nitrogen and oxygen atoms in total. The quantitative estimate of drug-likeness (QED) is 0.700. The predicted octanol–water partition coefficient (Wildman–Crippen LogP) is 4.29. The van der Waals surface area contributed by atoms with Crippen molar-refractivity contribution in [3.05, 3.63) is 58.5 Å². The first-order valence-corrected chi connectivity index (χ1v) is 10.2. The molecular weight excluding hydrogens is 386 g/mol. The molecule has 0 spiro atoms. The van der Waals surface area contributed by atoms with E-state index in [-0.39, 0.29) is 11.8 Å². The second-order valence-electron chi connectivity index (χ2n) is 6.96. The molecule has 0 atom stereocenters. The van der Waals surface area contributed by atoms with Crippen LogP contribution in [-0.2, 0) is 11.2 Å². The number of thiazole rings is 1. The fraction of sp³-hybridized carbons (Fsp3) is 0.227. The van der Waals surface area contributed by atoms with E-state index >= 15 is 0 Å². The van der Waals surface area contributed by atoms with Crippen LogP contribution in [0.15, 0.2) is 41.8 Å². The maximum absolute atomic E-state index is 12.7. The van der Waals surface area contributed by atoms with Crippen molar-refractivity contribution in [2.75, 3.05) is 23.9 Å². The van der Waals surface area contributed by atoms with E-state index in [1.54, 1.807) is 25.0 Å². The highest BCUT2D eigenvalue weighted by Crippen LogP contribution is 2.33. The molecule has 29 heavy (non-hydrogen) atoms. The van der Waals surface area contributed by atoms with Crippen molar-refractivity contribution < 1.29 is 14.3 Å². The number of nitrogens with one attached hydrogen (secondary N) is 1. The summed E-state index contributed by atoms with van der Waals surface area (Å²) in [6, 6.07) is 11.3. The lowest BCUT2D eigenvalue weighted by molar-refractivity contribution is -0.116. The third-order valence-electron chi connectivity index (χ3n) is 4.97. The summed E-state index contributed by atoms with van der Waals surface area (Å²) in [5.41, 5.74) is 5.22. The summed E-state index contributed by atoms with van der Waals surface area (Å²) in [5.74, 6) is 0.543. The molecule has 0 aliphatic carbocycles. The van der Waals surface area contributed by atoms with Crippen molar-refractivity contribution in [2.45, 2.75) is 20.3 Å². The molecule has 2 amide bonds. The number of aromatic nitrogens is 1. The van der Waals surface area contributed by atoms with Gasteiger partial charge in [0.25, 0.3) is 5.91 Å². The van der Waals surface area contributed by atoms with Gasteiger partial charge in [0.1, 0.15) is 5.75 Å². The molecule has 0 saturated carbocycles. The largest absolute Gasteiger partial charge is 0.496 e. The number of carbonyl (C=O) groups is 2. The number of methoxy groups -OCH3 is 1. The van der Waals surface area contributed by atoms with Crippen molar-refractivity contribution in [3.8, 4) is 17.0 Å². The van der Waals surface area contributed by atoms with E-state index in [1.165, 1.54) is 11.3 Å². The molecule has 0 fully saturated rings. The van der Waals surface area contributed by atoms with Crippen LogP contribution in [0.2, 0.25) is 0 Å². The number of rotatable bonds is 4. The topological polar surface area (TPSA) is 71.5 Å². The van der Waals surface area contributed by atoms with E-state index in [0.717, 1.165) is 40.2 Å². The van der Waals surface area contributed by atoms with Gasteiger partial charge in [-0.05, 0) is 49.2 Å². The van der Waals surface area contributed by atoms with Gasteiger partial charge >= 0.3 is 0 Å². The van der Waals surface area contributed by atoms with Crippen LogP contribution in [-0.4, -0.2) is 30.5 Å². The molecule has 1 aliphatic heterocycles. The van der Waals surface area contributed by atoms with Crippen LogP contribution in [0.3, 0.4) is 0 Å². The van der Waals surface area contributed by atoms with Crippen LogP contribution in [0.5, 0.6) is 5.75 Å². The monoisotopic (exact) mass is 407 g/mol. The zero-order chi connectivity index (χ0) is 20.5. The average Bonchev–Trinajstić information content (AvgIpc) is 3.34. The van der Waals surface area contributed by atoms with Gasteiger partial charge < -0.3 is 9.64 Å². The molecule has 0 saturated heterocycles. The van der Waals surface area contributed by atoms with Crippen LogP contribution < -0.4 is 15.0 Å². The molecule has 2 heterocycles. The van der Waals surface area contributed by atoms with Crippen LogP contribution in [0, 0.1) is 6.92 Å². The van der Waals surface area contributed by atoms with Crippen molar-refractivity contribution in [1.82, 2.24) is 4.98 Å². The number of benzene rings is 2. The molecule has 7 heteroatoms. The molecule has 1 N–H and O–H groups in total. The summed E-state index contributed by atoms with van der Waals surface area (Å²) in [6.07, 6.45) is 0.755. The normalized spacial score (nSPS) is 12.6. The maximum atomic E-state index is 12.7. The average molecular weight is 407 g/mol. The number of nitrogens with zero attached hydrogens (tertiary/aromatic N) is 2. The zero-order valence-corrected chi connectivity index (χ0v) is 17.3. The summed E-state index contributed by atoms with van der Waals surface area (Å²) < 4.78 is 5.43. The first-order valence-electron chi connectivity index (χ1n) is 9.29. The van der Waals surface area contributed by atoms with Crippen LogP contribution in [0.4, 0.5) is 10.8 Å². The number of aryl methyl sites for hydroxylation is 1. The fourth-order valence-corrected chi connectivity index (χ4v) is 4.22. The molecule has 0 bridgehead atoms. The van der Waals surface area contributed by atoms with Crippen LogP contribution >= 0.6 is 11.3 Å². The number of carbonyl (C=O) groups excluding carboxylic acids is 2. The Morgan fingerprint density at radius 2 is 2.03 bits per heavy atom. The standard InChI is InChI=1S/C22H21N3O3S/c1-13-4-7-20(28-3)17(10-13)18-12-29-22(23-18)24-21(27)16-5-6-19-15(11-16)8-9-25(19)14(2)26/h4-7,10-12H,8-9H2,1-3H3,(H,23,24,27). The maximum Gasteiger partial charge on any atom is 0.257 e. The molecule has 1 aromatic heterocycles. The minimum Gasteiger partial charge on any atom is -0.496 e. The lowest BCUT2D eigenvalue weighted by Gasteiger charge is -2.14. The number of fused-ring (bicyclic) bond motifs is 1. The molecule has 0 unspecified atom stereocenters.